The summed E-state index contributed by atoms with van der Waals surface area (Å²) < 4.78 is 0. The Morgan fingerprint density at radius 1 is 1.41 bits per heavy atom. The number of hydrogen-bond donors (Lipinski definition) is 2. The molecule has 2 rings (SSSR count). The fourth-order valence-electron chi connectivity index (χ4n) is 2.00. The molecule has 1 saturated heterocycles. The maximum Gasteiger partial charge on any atom is 0.408 e. The first-order valence-electron chi connectivity index (χ1n) is 5.43. The van der Waals surface area contributed by atoms with Crippen LogP contribution < -0.4 is 5.32 Å². The van der Waals surface area contributed by atoms with Crippen molar-refractivity contribution in [2.45, 2.75) is 25.6 Å². The van der Waals surface area contributed by atoms with Gasteiger partial charge in [0.2, 0.25) is 5.91 Å². The van der Waals surface area contributed by atoms with E-state index in [9.17, 15) is 9.59 Å². The molecule has 0 bridgehead atoms. The number of hydrogen-bond acceptors (Lipinski definition) is 2. The molecule has 2 N–H and O–H groups in total. The molecule has 0 saturated carbocycles. The Morgan fingerprint density at radius 3 is 2.53 bits per heavy atom. The summed E-state index contributed by atoms with van der Waals surface area (Å²) in [4.78, 5) is 23.7. The molecule has 1 aliphatic rings. The van der Waals surface area contributed by atoms with E-state index in [1.54, 1.807) is 6.92 Å². The molecule has 5 nitrogen and oxygen atoms in total. The van der Waals surface area contributed by atoms with Gasteiger partial charge in [-0.1, -0.05) is 30.3 Å². The van der Waals surface area contributed by atoms with Gasteiger partial charge in [0, 0.05) is 6.54 Å². The lowest BCUT2D eigenvalue weighted by atomic mass is 9.99. The van der Waals surface area contributed by atoms with Crippen LogP contribution in [0.4, 0.5) is 4.79 Å². The summed E-state index contributed by atoms with van der Waals surface area (Å²) in [6, 6.07) is 8.55. The Labute approximate surface area is 99.0 Å². The Hall–Kier alpha value is -2.04. The van der Waals surface area contributed by atoms with Gasteiger partial charge in [0.05, 0.1) is 6.04 Å². The zero-order valence-corrected chi connectivity index (χ0v) is 9.46. The second-order valence-corrected chi connectivity index (χ2v) is 4.14. The van der Waals surface area contributed by atoms with Crippen LogP contribution >= 0.6 is 0 Å². The van der Waals surface area contributed by atoms with Gasteiger partial charge in [0.15, 0.2) is 0 Å². The number of carbonyl (C=O) groups excluding carboxylic acids is 1. The molecule has 1 heterocycles. The first-order chi connectivity index (χ1) is 8.09. The number of nitrogens with zero attached hydrogens (tertiary/aromatic N) is 1. The van der Waals surface area contributed by atoms with Gasteiger partial charge >= 0.3 is 6.09 Å². The minimum Gasteiger partial charge on any atom is -0.465 e. The predicted octanol–water partition coefficient (Wildman–Crippen LogP) is 1.05. The first-order valence-corrected chi connectivity index (χ1v) is 5.43. The summed E-state index contributed by atoms with van der Waals surface area (Å²) in [6.45, 7) is 2.03. The van der Waals surface area contributed by atoms with Crippen molar-refractivity contribution in [1.82, 2.24) is 10.2 Å². The lowest BCUT2D eigenvalue weighted by Gasteiger charge is -2.40. The zero-order chi connectivity index (χ0) is 12.4. The Kier molecular flexibility index (Phi) is 2.99. The second kappa shape index (κ2) is 4.45. The first kappa shape index (κ1) is 11.4. The lowest BCUT2D eigenvalue weighted by Crippen LogP contribution is -2.68. The third-order valence-electron chi connectivity index (χ3n) is 2.89. The highest BCUT2D eigenvalue weighted by atomic mass is 16.4. The zero-order valence-electron chi connectivity index (χ0n) is 9.46. The number of β-lactam (4-membered cyclic amide) rings is 1. The molecule has 2 amide bonds. The molecule has 2 unspecified atom stereocenters. The van der Waals surface area contributed by atoms with Crippen molar-refractivity contribution >= 4 is 12.0 Å². The molecule has 0 radical (unpaired) electrons. The molecule has 1 fully saturated rings. The van der Waals surface area contributed by atoms with Gasteiger partial charge in [0.25, 0.3) is 0 Å². The maximum absolute atomic E-state index is 11.4. The van der Waals surface area contributed by atoms with E-state index in [1.165, 1.54) is 4.90 Å². The molecular weight excluding hydrogens is 220 g/mol. The van der Waals surface area contributed by atoms with Crippen LogP contribution in [0.1, 0.15) is 12.5 Å². The van der Waals surface area contributed by atoms with Crippen LogP contribution in [-0.2, 0) is 11.3 Å². The molecule has 1 aliphatic heterocycles. The van der Waals surface area contributed by atoms with Crippen LogP contribution in [0.25, 0.3) is 0 Å². The quantitative estimate of drug-likeness (QED) is 0.768. The number of rotatable bonds is 3. The van der Waals surface area contributed by atoms with Crippen molar-refractivity contribution in [3.8, 4) is 0 Å². The molecule has 2 atom stereocenters. The van der Waals surface area contributed by atoms with Gasteiger partial charge in [-0.2, -0.15) is 0 Å². The van der Waals surface area contributed by atoms with Gasteiger partial charge in [-0.3, -0.25) is 9.69 Å². The number of amides is 2. The minimum absolute atomic E-state index is 0.123. The minimum atomic E-state index is -1.07. The van der Waals surface area contributed by atoms with E-state index in [0.29, 0.717) is 0 Å². The fraction of sp³-hybridized carbons (Fsp3) is 0.333. The van der Waals surface area contributed by atoms with Gasteiger partial charge in [-0.25, -0.2) is 4.79 Å². The second-order valence-electron chi connectivity index (χ2n) is 4.14. The van der Waals surface area contributed by atoms with Crippen LogP contribution in [0.15, 0.2) is 30.3 Å². The van der Waals surface area contributed by atoms with Crippen molar-refractivity contribution in [2.75, 3.05) is 0 Å². The van der Waals surface area contributed by atoms with Crippen molar-refractivity contribution in [3.63, 3.8) is 0 Å². The van der Waals surface area contributed by atoms with E-state index >= 15 is 0 Å². The molecule has 0 aliphatic carbocycles. The molecule has 0 spiro atoms. The molecule has 5 heteroatoms. The molecular formula is C12H14N2O3. The summed E-state index contributed by atoms with van der Waals surface area (Å²) in [5, 5.41) is 11.8. The molecule has 17 heavy (non-hydrogen) atoms. The van der Waals surface area contributed by atoms with Crippen LogP contribution in [0.2, 0.25) is 0 Å². The highest BCUT2D eigenvalue weighted by Crippen LogP contribution is 2.17. The summed E-state index contributed by atoms with van der Waals surface area (Å²) in [7, 11) is 0. The van der Waals surface area contributed by atoms with Gasteiger partial charge in [-0.05, 0) is 12.5 Å². The summed E-state index contributed by atoms with van der Waals surface area (Å²) >= 11 is 0. The lowest BCUT2D eigenvalue weighted by molar-refractivity contribution is -0.136. The van der Waals surface area contributed by atoms with Crippen LogP contribution in [-0.4, -0.2) is 34.1 Å². The van der Waals surface area contributed by atoms with E-state index in [4.69, 9.17) is 5.11 Å². The van der Waals surface area contributed by atoms with E-state index in [-0.39, 0.29) is 18.5 Å². The van der Waals surface area contributed by atoms with Crippen LogP contribution in [0.3, 0.4) is 0 Å². The van der Waals surface area contributed by atoms with Crippen molar-refractivity contribution in [2.24, 2.45) is 0 Å². The van der Waals surface area contributed by atoms with Crippen molar-refractivity contribution in [3.05, 3.63) is 35.9 Å². The average Bonchev–Trinajstić information content (AvgIpc) is 2.29. The number of carboxylic acid groups (broad SMARTS) is 1. The summed E-state index contributed by atoms with van der Waals surface area (Å²) in [5.41, 5.74) is 0.877. The van der Waals surface area contributed by atoms with Crippen molar-refractivity contribution < 1.29 is 14.7 Å². The van der Waals surface area contributed by atoms with Gasteiger partial charge in [0.1, 0.15) is 6.04 Å². The largest absolute Gasteiger partial charge is 0.465 e. The number of nitrogens with one attached hydrogen (secondary N) is 1. The van der Waals surface area contributed by atoms with E-state index < -0.39 is 12.1 Å². The highest BCUT2D eigenvalue weighted by molar-refractivity contribution is 5.91. The monoisotopic (exact) mass is 234 g/mol. The molecule has 1 aromatic rings. The summed E-state index contributed by atoms with van der Waals surface area (Å²) in [6.07, 6.45) is -1.07. The molecule has 1 aromatic carbocycles. The van der Waals surface area contributed by atoms with E-state index in [0.717, 1.165) is 5.56 Å². The van der Waals surface area contributed by atoms with Crippen LogP contribution in [0.5, 0.6) is 0 Å². The van der Waals surface area contributed by atoms with E-state index in [2.05, 4.69) is 5.32 Å². The topological polar surface area (TPSA) is 69.6 Å². The molecule has 90 valence electrons. The third kappa shape index (κ3) is 2.22. The fourth-order valence-corrected chi connectivity index (χ4v) is 2.00. The average molecular weight is 234 g/mol. The van der Waals surface area contributed by atoms with Gasteiger partial charge in [-0.15, -0.1) is 0 Å². The standard InChI is InChI=1S/C12H14N2O3/c1-8-10(11(15)13-8)14(12(16)17)7-9-5-3-2-4-6-9/h2-6,8,10H,7H2,1H3,(H,13,15)(H,16,17). The Balaban J connectivity index is 2.14. The Bertz CT molecular complexity index is 433. The number of carbonyl (C=O) groups is 2. The van der Waals surface area contributed by atoms with E-state index in [1.807, 2.05) is 30.3 Å². The van der Waals surface area contributed by atoms with Gasteiger partial charge < -0.3 is 10.4 Å². The smallest absolute Gasteiger partial charge is 0.408 e. The summed E-state index contributed by atoms with van der Waals surface area (Å²) in [5.74, 6) is -0.226. The molecule has 0 aromatic heterocycles. The maximum atomic E-state index is 11.4. The number of benzene rings is 1. The SMILES string of the molecule is CC1NC(=O)C1N(Cc1ccccc1)C(=O)O. The van der Waals surface area contributed by atoms with Crippen LogP contribution in [0, 0.1) is 0 Å². The van der Waals surface area contributed by atoms with Crippen molar-refractivity contribution in [1.29, 1.82) is 0 Å². The normalized spacial score (nSPS) is 22.5. The third-order valence-corrected chi connectivity index (χ3v) is 2.89. The highest BCUT2D eigenvalue weighted by Gasteiger charge is 2.42. The Morgan fingerprint density at radius 2 is 2.06 bits per heavy atom. The predicted molar refractivity (Wildman–Crippen MR) is 61.4 cm³/mol.